The van der Waals surface area contributed by atoms with Crippen LogP contribution in [0.25, 0.3) is 66.8 Å². The summed E-state index contributed by atoms with van der Waals surface area (Å²) in [4.78, 5) is 7.38. The van der Waals surface area contributed by atoms with E-state index in [1.807, 2.05) is 0 Å². The van der Waals surface area contributed by atoms with Crippen molar-refractivity contribution in [3.63, 3.8) is 0 Å². The smallest absolute Gasteiger partial charge is 0.120 e. The minimum atomic E-state index is -1.08. The first-order valence-electron chi connectivity index (χ1n) is 50.7. The lowest BCUT2D eigenvalue weighted by Crippen LogP contribution is -2.52. The van der Waals surface area contributed by atoms with Gasteiger partial charge < -0.3 is 28.9 Å². The Hall–Kier alpha value is -14.9. The van der Waals surface area contributed by atoms with Gasteiger partial charge in [0.1, 0.15) is 23.6 Å². The quantitative estimate of drug-likeness (QED) is 0.0635. The molecule has 6 nitrogen and oxygen atoms in total. The molecule has 0 aromatic heterocycles. The normalized spacial score (nSPS) is 18.2. The Morgan fingerprint density at radius 2 is 0.486 bits per heavy atom. The van der Waals surface area contributed by atoms with Crippen molar-refractivity contribution >= 4 is 51.2 Å². The third-order valence-corrected chi connectivity index (χ3v) is 33.5. The summed E-state index contributed by atoms with van der Waals surface area (Å²) < 4.78 is 23.6. The Bertz CT molecular complexity index is 7420. The van der Waals surface area contributed by atoms with Gasteiger partial charge >= 0.3 is 0 Å². The summed E-state index contributed by atoms with van der Waals surface area (Å²) in [6.45, 7) is 43.0. The van der Waals surface area contributed by atoms with Crippen LogP contribution in [0.1, 0.15) is 205 Å². The van der Waals surface area contributed by atoms with Crippen LogP contribution in [-0.4, -0.2) is 11.2 Å². The van der Waals surface area contributed by atoms with E-state index in [2.05, 4.69) is 500 Å². The van der Waals surface area contributed by atoms with Crippen LogP contribution >= 0.6 is 0 Å². The number of fused-ring (bicyclic) bond motifs is 18. The molecule has 6 heteroatoms. The largest absolute Gasteiger partial charge is 0.489 e. The van der Waals surface area contributed by atoms with Gasteiger partial charge in [-0.05, 0) is 302 Å². The molecule has 0 saturated carbocycles. The first-order chi connectivity index (χ1) is 68.5. The molecular weight excluding hydrogens is 1720 g/mol. The van der Waals surface area contributed by atoms with Gasteiger partial charge in [-0.3, -0.25) is 0 Å². The molecule has 0 N–H and O–H groups in total. The summed E-state index contributed by atoms with van der Waals surface area (Å²) in [5.41, 5.74) is 46.2. The third-order valence-electron chi connectivity index (χ3n) is 33.5. The maximum Gasteiger partial charge on any atom is 0.120 e. The zero-order valence-electron chi connectivity index (χ0n) is 84.0. The summed E-state index contributed by atoms with van der Waals surface area (Å²) >= 11 is 0. The Morgan fingerprint density at radius 3 is 0.739 bits per heavy atom. The second-order valence-corrected chi connectivity index (χ2v) is 44.2. The molecule has 0 amide bonds. The summed E-state index contributed by atoms with van der Waals surface area (Å²) in [5, 5.41) is 0. The van der Waals surface area contributed by atoms with E-state index < -0.39 is 17.1 Å². The van der Waals surface area contributed by atoms with Crippen molar-refractivity contribution in [1.29, 1.82) is 0 Å². The lowest BCUT2D eigenvalue weighted by atomic mass is 9.63. The number of allylic oxidation sites excluding steroid dienone is 6. The number of nitrogens with zero attached hydrogens (tertiary/aromatic N) is 3. The highest BCUT2D eigenvalue weighted by Crippen LogP contribution is 2.61. The minimum Gasteiger partial charge on any atom is -0.489 e. The molecule has 8 aliphatic carbocycles. The highest BCUT2D eigenvalue weighted by molar-refractivity contribution is 5.94. The molecule has 0 saturated heterocycles. The lowest BCUT2D eigenvalue weighted by molar-refractivity contribution is -0.121. The lowest BCUT2D eigenvalue weighted by Gasteiger charge is -2.50. The van der Waals surface area contributed by atoms with Gasteiger partial charge in [0, 0.05) is 96.5 Å². The van der Waals surface area contributed by atoms with Crippen molar-refractivity contribution in [2.45, 2.75) is 179 Å². The molecule has 698 valence electrons. The Labute approximate surface area is 838 Å². The van der Waals surface area contributed by atoms with Crippen molar-refractivity contribution in [1.82, 2.24) is 0 Å². The van der Waals surface area contributed by atoms with Crippen molar-refractivity contribution in [3.05, 3.63) is 513 Å². The molecule has 0 aliphatic heterocycles. The molecule has 0 fully saturated rings. The van der Waals surface area contributed by atoms with Crippen LogP contribution in [0.4, 0.5) is 51.2 Å². The number of hydrogen-bond acceptors (Lipinski definition) is 6. The van der Waals surface area contributed by atoms with E-state index in [-0.39, 0.29) is 45.7 Å². The Balaban J connectivity index is 0.603. The van der Waals surface area contributed by atoms with Gasteiger partial charge in [-0.15, -0.1) is 0 Å². The number of hydrogen-bond donors (Lipinski definition) is 0. The van der Waals surface area contributed by atoms with Gasteiger partial charge in [0.2, 0.25) is 0 Å². The average molecular weight is 1850 g/mol. The number of benzene rings is 16. The molecule has 16 aromatic carbocycles. The molecule has 0 radical (unpaired) electrons. The first kappa shape index (κ1) is 89.7. The fourth-order valence-corrected chi connectivity index (χ4v) is 25.8. The van der Waals surface area contributed by atoms with E-state index in [1.54, 1.807) is 0 Å². The highest BCUT2D eigenvalue weighted by Gasteiger charge is 2.54. The van der Waals surface area contributed by atoms with Crippen molar-refractivity contribution < 1.29 is 14.2 Å². The van der Waals surface area contributed by atoms with Crippen LogP contribution in [0.15, 0.2) is 424 Å². The number of anilines is 9. The van der Waals surface area contributed by atoms with Crippen molar-refractivity contribution in [3.8, 4) is 72.5 Å². The topological polar surface area (TPSA) is 37.4 Å². The summed E-state index contributed by atoms with van der Waals surface area (Å²) in [6.07, 6.45) is 14.5. The maximum atomic E-state index is 8.17. The SMILES string of the molecule is C=C(C)C1=CC=CC(OCc2ccc(N(c3ccc4c(c3)C(C)(C)c3ccccc3-4)c3ccc4c(c3)C(C)(C)c3ccccc3-4)cc2)(C(c2cccc(OCc3ccc(N(c4ccc5c(c4)C(C)(C)c4ccccc4-5)c4ccc5c(c4)C(C)(C)c4ccccc4-5)cc3)c2)C2(OCc3ccc(N(c4ccc5c(c4)C(C)(C)c4ccccc4-5)c4ccc5c(c4)C(C)(C)c4ccccc4-5)cc3)C=CC=C(C(=C)C)C2)C1. The predicted octanol–water partition coefficient (Wildman–Crippen LogP) is 35.4. The molecule has 24 rings (SSSR count). The molecule has 2 unspecified atom stereocenters. The molecule has 142 heavy (non-hydrogen) atoms. The summed E-state index contributed by atoms with van der Waals surface area (Å²) in [6, 6.07) is 132. The predicted molar refractivity (Wildman–Crippen MR) is 591 cm³/mol. The minimum absolute atomic E-state index is 0.193. The third kappa shape index (κ3) is 14.4. The van der Waals surface area contributed by atoms with Gasteiger partial charge in [-0.25, -0.2) is 0 Å². The van der Waals surface area contributed by atoms with E-state index >= 15 is 0 Å². The molecule has 2 atom stereocenters. The van der Waals surface area contributed by atoms with E-state index in [0.29, 0.717) is 19.4 Å². The van der Waals surface area contributed by atoms with Crippen LogP contribution in [0.2, 0.25) is 0 Å². The first-order valence-corrected chi connectivity index (χ1v) is 50.7. The second-order valence-electron chi connectivity index (χ2n) is 44.2. The molecule has 0 heterocycles. The molecule has 0 spiro atoms. The maximum absolute atomic E-state index is 8.17. The Morgan fingerprint density at radius 1 is 0.254 bits per heavy atom. The molecule has 16 aromatic rings. The van der Waals surface area contributed by atoms with E-state index in [4.69, 9.17) is 27.4 Å². The van der Waals surface area contributed by atoms with Crippen LogP contribution in [-0.2, 0) is 61.8 Å². The van der Waals surface area contributed by atoms with Crippen LogP contribution in [0.3, 0.4) is 0 Å². The molecular formula is C136H121N3O3. The summed E-state index contributed by atoms with van der Waals surface area (Å²) in [7, 11) is 0. The van der Waals surface area contributed by atoms with Crippen molar-refractivity contribution in [2.24, 2.45) is 0 Å². The van der Waals surface area contributed by atoms with Crippen LogP contribution in [0.5, 0.6) is 5.75 Å². The van der Waals surface area contributed by atoms with Crippen molar-refractivity contribution in [2.75, 3.05) is 14.7 Å². The molecule has 8 aliphatic rings. The van der Waals surface area contributed by atoms with E-state index in [0.717, 1.165) is 101 Å². The average Bonchev–Trinajstić information content (AvgIpc) is 1.47. The second kappa shape index (κ2) is 33.4. The Kier molecular flexibility index (Phi) is 21.1. The standard InChI is InChI=1S/C136H121N3O3/c1-86(2)92-33-30-72-135(81-92,141-84-89-50-56-95(57-51-89)138(99-62-68-112-106-38-19-25-44-118(106)131(9,10)124(112)77-99)100-63-69-113-107-39-20-26-45-119(107)132(11,12)125(113)78-100)128(91-32-29-35-103(74-91)140-83-88-48-54-94(55-49-88)137(97-60-66-110-104-36-17-23-42-116(104)129(5,6)122(110)75-97)98-61-67-111-105-37-18-24-43-117(105)130(7,8)123(111)76-98)136(73-31-34-93(82-136)87(3)4)142-85-90-52-58-96(59-53-90)139(101-64-70-114-108-40-21-27-46-120(108)133(13,14)126(114)79-101)102-65-71-115-109-41-22-28-47-121(109)134(15,16)127(115)80-102/h17-80,128H,1,3,81-85H2,2,4-16H3. The van der Waals surface area contributed by atoms with Gasteiger partial charge in [0.05, 0.1) is 19.1 Å². The zero-order valence-corrected chi connectivity index (χ0v) is 84.0. The number of ether oxygens (including phenoxy) is 3. The fourth-order valence-electron chi connectivity index (χ4n) is 25.8. The zero-order chi connectivity index (χ0) is 97.5. The summed E-state index contributed by atoms with van der Waals surface area (Å²) in [5.74, 6) is 0.194. The monoisotopic (exact) mass is 1840 g/mol. The van der Waals surface area contributed by atoms with Crippen LogP contribution < -0.4 is 19.4 Å². The van der Waals surface area contributed by atoms with Gasteiger partial charge in [0.25, 0.3) is 0 Å². The van der Waals surface area contributed by atoms with Crippen LogP contribution in [0, 0.1) is 0 Å². The molecule has 0 bridgehead atoms. The highest BCUT2D eigenvalue weighted by atomic mass is 16.5. The van der Waals surface area contributed by atoms with Gasteiger partial charge in [-0.2, -0.15) is 0 Å². The van der Waals surface area contributed by atoms with Gasteiger partial charge in [0.15, 0.2) is 0 Å². The fraction of sp³-hybridized carbons (Fsp3) is 0.206. The number of rotatable bonds is 23. The van der Waals surface area contributed by atoms with E-state index in [9.17, 15) is 0 Å². The van der Waals surface area contributed by atoms with Gasteiger partial charge in [-0.1, -0.05) is 374 Å². The van der Waals surface area contributed by atoms with E-state index in [1.165, 1.54) is 134 Å².